The molecular weight excluding hydrogens is 243 g/mol. The zero-order chi connectivity index (χ0) is 12.4. The van der Waals surface area contributed by atoms with Gasteiger partial charge in [-0.05, 0) is 13.0 Å². The van der Waals surface area contributed by atoms with E-state index in [-0.39, 0.29) is 12.1 Å². The molecule has 1 aromatic carbocycles. The minimum atomic E-state index is -0.939. The number of hydrogen-bond donors (Lipinski definition) is 1. The molecule has 90 valence electrons. The van der Waals surface area contributed by atoms with Crippen molar-refractivity contribution in [1.82, 2.24) is 9.78 Å². The molecule has 0 amide bonds. The van der Waals surface area contributed by atoms with Crippen molar-refractivity contribution in [3.63, 3.8) is 0 Å². The fraction of sp³-hybridized carbons (Fsp3) is 0.250. The van der Waals surface area contributed by atoms with Crippen molar-refractivity contribution in [3.05, 3.63) is 52.6 Å². The fourth-order valence-electron chi connectivity index (χ4n) is 1.62. The number of aliphatic hydroxyl groups excluding tert-OH is 1. The Morgan fingerprint density at radius 3 is 2.76 bits per heavy atom. The highest BCUT2D eigenvalue weighted by Gasteiger charge is 2.14. The molecule has 1 heterocycles. The molecule has 3 nitrogen and oxygen atoms in total. The Morgan fingerprint density at radius 2 is 2.18 bits per heavy atom. The van der Waals surface area contributed by atoms with Crippen LogP contribution in [-0.4, -0.2) is 14.9 Å². The summed E-state index contributed by atoms with van der Waals surface area (Å²) in [5, 5.41) is 14.5. The van der Waals surface area contributed by atoms with Crippen LogP contribution in [0.15, 0.2) is 30.5 Å². The Bertz CT molecular complexity index is 527. The van der Waals surface area contributed by atoms with Gasteiger partial charge in [-0.15, -0.1) is 0 Å². The third-order valence-electron chi connectivity index (χ3n) is 2.65. The van der Waals surface area contributed by atoms with Gasteiger partial charge < -0.3 is 5.11 Å². The molecule has 0 aliphatic rings. The van der Waals surface area contributed by atoms with Gasteiger partial charge in [0.1, 0.15) is 11.9 Å². The van der Waals surface area contributed by atoms with Gasteiger partial charge in [0, 0.05) is 5.56 Å². The number of benzene rings is 1. The molecule has 1 N–H and O–H groups in total. The van der Waals surface area contributed by atoms with E-state index in [4.69, 9.17) is 11.6 Å². The van der Waals surface area contributed by atoms with Gasteiger partial charge in [0.05, 0.1) is 23.5 Å². The number of rotatable bonds is 3. The summed E-state index contributed by atoms with van der Waals surface area (Å²) in [5.41, 5.74) is 1.01. The summed E-state index contributed by atoms with van der Waals surface area (Å²) in [6.45, 7) is 1.98. The topological polar surface area (TPSA) is 38.0 Å². The molecule has 1 atom stereocenters. The van der Waals surface area contributed by atoms with Gasteiger partial charge in [-0.3, -0.25) is 4.68 Å². The lowest BCUT2D eigenvalue weighted by atomic mass is 10.1. The van der Waals surface area contributed by atoms with Crippen LogP contribution < -0.4 is 0 Å². The molecule has 0 spiro atoms. The molecule has 0 saturated heterocycles. The summed E-state index contributed by atoms with van der Waals surface area (Å²) in [6, 6.07) is 6.15. The fourth-order valence-corrected chi connectivity index (χ4v) is 1.76. The van der Waals surface area contributed by atoms with E-state index in [0.717, 1.165) is 5.69 Å². The molecule has 0 radical (unpaired) electrons. The van der Waals surface area contributed by atoms with Crippen LogP contribution in [0.3, 0.4) is 0 Å². The summed E-state index contributed by atoms with van der Waals surface area (Å²) < 4.78 is 15.0. The molecule has 0 fully saturated rings. The molecule has 0 saturated carbocycles. The van der Waals surface area contributed by atoms with Crippen molar-refractivity contribution in [2.24, 2.45) is 0 Å². The van der Waals surface area contributed by atoms with Crippen molar-refractivity contribution in [2.75, 3.05) is 0 Å². The second-order valence-electron chi connectivity index (χ2n) is 3.80. The molecule has 0 bridgehead atoms. The first kappa shape index (κ1) is 12.1. The third-order valence-corrected chi connectivity index (χ3v) is 3.02. The van der Waals surface area contributed by atoms with Gasteiger partial charge in [-0.2, -0.15) is 5.10 Å². The maximum atomic E-state index is 13.4. The number of aromatic nitrogens is 2. The van der Waals surface area contributed by atoms with Crippen molar-refractivity contribution in [2.45, 2.75) is 19.6 Å². The lowest BCUT2D eigenvalue weighted by Crippen LogP contribution is -2.12. The highest BCUT2D eigenvalue weighted by atomic mass is 35.5. The quantitative estimate of drug-likeness (QED) is 0.915. The van der Waals surface area contributed by atoms with Crippen LogP contribution in [0, 0.1) is 12.7 Å². The van der Waals surface area contributed by atoms with Crippen LogP contribution in [0.2, 0.25) is 5.02 Å². The minimum Gasteiger partial charge on any atom is -0.386 e. The molecule has 5 heteroatoms. The molecular formula is C12H12ClFN2O. The number of nitrogens with zero attached hydrogens (tertiary/aromatic N) is 2. The standard InChI is InChI=1S/C12H12ClFN2O/c1-8-10(13)6-15-16(8)7-12(17)9-4-2-3-5-11(9)14/h2-6,12,17H,7H2,1H3. The van der Waals surface area contributed by atoms with Crippen LogP contribution in [0.25, 0.3) is 0 Å². The van der Waals surface area contributed by atoms with E-state index in [0.29, 0.717) is 5.02 Å². The van der Waals surface area contributed by atoms with Gasteiger partial charge in [0.2, 0.25) is 0 Å². The first-order valence-corrected chi connectivity index (χ1v) is 5.58. The average molecular weight is 255 g/mol. The number of hydrogen-bond acceptors (Lipinski definition) is 2. The van der Waals surface area contributed by atoms with E-state index < -0.39 is 11.9 Å². The second-order valence-corrected chi connectivity index (χ2v) is 4.20. The predicted octanol–water partition coefficient (Wildman–Crippen LogP) is 2.72. The number of halogens is 2. The Hall–Kier alpha value is -1.39. The van der Waals surface area contributed by atoms with Gasteiger partial charge in [0.15, 0.2) is 0 Å². The first-order chi connectivity index (χ1) is 8.09. The predicted molar refractivity (Wildman–Crippen MR) is 63.3 cm³/mol. The second kappa shape index (κ2) is 4.85. The van der Waals surface area contributed by atoms with Crippen LogP contribution in [0.4, 0.5) is 4.39 Å². The lowest BCUT2D eigenvalue weighted by Gasteiger charge is -2.13. The van der Waals surface area contributed by atoms with E-state index in [1.807, 2.05) is 0 Å². The smallest absolute Gasteiger partial charge is 0.129 e. The Kier molecular flexibility index (Phi) is 3.45. The lowest BCUT2D eigenvalue weighted by molar-refractivity contribution is 0.146. The molecule has 1 aromatic heterocycles. The molecule has 2 rings (SSSR count). The number of aliphatic hydroxyl groups is 1. The zero-order valence-corrected chi connectivity index (χ0v) is 10.0. The van der Waals surface area contributed by atoms with Gasteiger partial charge in [-0.25, -0.2) is 4.39 Å². The van der Waals surface area contributed by atoms with Crippen molar-refractivity contribution < 1.29 is 9.50 Å². The van der Waals surface area contributed by atoms with E-state index >= 15 is 0 Å². The zero-order valence-electron chi connectivity index (χ0n) is 9.27. The summed E-state index contributed by atoms with van der Waals surface area (Å²) in [6.07, 6.45) is 0.566. The summed E-state index contributed by atoms with van der Waals surface area (Å²) in [4.78, 5) is 0. The third kappa shape index (κ3) is 2.48. The van der Waals surface area contributed by atoms with Crippen molar-refractivity contribution in [3.8, 4) is 0 Å². The minimum absolute atomic E-state index is 0.180. The molecule has 0 aliphatic carbocycles. The van der Waals surface area contributed by atoms with Gasteiger partial charge in [-0.1, -0.05) is 29.8 Å². The van der Waals surface area contributed by atoms with E-state index in [2.05, 4.69) is 5.10 Å². The highest BCUT2D eigenvalue weighted by molar-refractivity contribution is 6.31. The molecule has 1 unspecified atom stereocenters. The van der Waals surface area contributed by atoms with Crippen LogP contribution in [0.5, 0.6) is 0 Å². The average Bonchev–Trinajstić information content (AvgIpc) is 2.61. The van der Waals surface area contributed by atoms with Crippen molar-refractivity contribution in [1.29, 1.82) is 0 Å². The molecule has 2 aromatic rings. The Morgan fingerprint density at radius 1 is 1.47 bits per heavy atom. The summed E-state index contributed by atoms with van der Waals surface area (Å²) in [7, 11) is 0. The van der Waals surface area contributed by atoms with Crippen LogP contribution in [0.1, 0.15) is 17.4 Å². The maximum absolute atomic E-state index is 13.4. The summed E-state index contributed by atoms with van der Waals surface area (Å²) >= 11 is 5.85. The monoisotopic (exact) mass is 254 g/mol. The van der Waals surface area contributed by atoms with Crippen LogP contribution in [-0.2, 0) is 6.54 Å². The molecule has 0 aliphatic heterocycles. The van der Waals surface area contributed by atoms with Gasteiger partial charge >= 0.3 is 0 Å². The SMILES string of the molecule is Cc1c(Cl)cnn1CC(O)c1ccccc1F. The maximum Gasteiger partial charge on any atom is 0.129 e. The Balaban J connectivity index is 2.20. The Labute approximate surface area is 103 Å². The van der Waals surface area contributed by atoms with Crippen molar-refractivity contribution >= 4 is 11.6 Å². The van der Waals surface area contributed by atoms with Crippen LogP contribution >= 0.6 is 11.6 Å². The van der Waals surface area contributed by atoms with E-state index in [9.17, 15) is 9.50 Å². The highest BCUT2D eigenvalue weighted by Crippen LogP contribution is 2.20. The normalized spacial score (nSPS) is 12.7. The van der Waals surface area contributed by atoms with E-state index in [1.54, 1.807) is 29.8 Å². The van der Waals surface area contributed by atoms with Gasteiger partial charge in [0.25, 0.3) is 0 Å². The first-order valence-electron chi connectivity index (χ1n) is 5.20. The largest absolute Gasteiger partial charge is 0.386 e. The summed E-state index contributed by atoms with van der Waals surface area (Å²) in [5.74, 6) is -0.420. The molecule has 17 heavy (non-hydrogen) atoms. The van der Waals surface area contributed by atoms with E-state index in [1.165, 1.54) is 12.3 Å².